The van der Waals surface area contributed by atoms with E-state index in [9.17, 15) is 4.79 Å². The first kappa shape index (κ1) is 16.6. The third-order valence-electron chi connectivity index (χ3n) is 3.08. The zero-order chi connectivity index (χ0) is 16.8. The summed E-state index contributed by atoms with van der Waals surface area (Å²) in [4.78, 5) is 16.0. The number of halogens is 1. The van der Waals surface area contributed by atoms with E-state index in [0.717, 1.165) is 5.76 Å². The Labute approximate surface area is 147 Å². The molecule has 24 heavy (non-hydrogen) atoms. The summed E-state index contributed by atoms with van der Waals surface area (Å²) < 4.78 is 10.4. The van der Waals surface area contributed by atoms with Crippen LogP contribution < -0.4 is 5.32 Å². The monoisotopic (exact) mass is 363 g/mol. The molecule has 0 bridgehead atoms. The molecular formula is C16H14ClN3O3S. The average molecular weight is 364 g/mol. The number of thioether (sulfide) groups is 1. The lowest BCUT2D eigenvalue weighted by molar-refractivity contribution is -0.118. The van der Waals surface area contributed by atoms with Crippen LogP contribution in [0.25, 0.3) is 11.5 Å². The minimum Gasteiger partial charge on any atom is -0.467 e. The van der Waals surface area contributed by atoms with Crippen molar-refractivity contribution in [3.63, 3.8) is 0 Å². The zero-order valence-electron chi connectivity index (χ0n) is 12.6. The van der Waals surface area contributed by atoms with Crippen molar-refractivity contribution in [3.05, 3.63) is 59.3 Å². The Morgan fingerprint density at radius 3 is 2.92 bits per heavy atom. The summed E-state index contributed by atoms with van der Waals surface area (Å²) in [5, 5.41) is 7.23. The number of hydrogen-bond acceptors (Lipinski definition) is 6. The van der Waals surface area contributed by atoms with Crippen LogP contribution in [-0.4, -0.2) is 21.8 Å². The normalized spacial score (nSPS) is 10.7. The predicted molar refractivity (Wildman–Crippen MR) is 91.5 cm³/mol. The quantitative estimate of drug-likeness (QED) is 0.691. The molecule has 2 heterocycles. The van der Waals surface area contributed by atoms with Gasteiger partial charge in [-0.2, -0.15) is 4.98 Å². The number of nitrogens with zero attached hydrogens (tertiary/aromatic N) is 2. The second-order valence-electron chi connectivity index (χ2n) is 4.84. The number of hydrogen-bond donors (Lipinski definition) is 1. The van der Waals surface area contributed by atoms with Crippen LogP contribution in [0.1, 0.15) is 11.6 Å². The second kappa shape index (κ2) is 8.03. The maximum Gasteiger partial charge on any atom is 0.259 e. The van der Waals surface area contributed by atoms with Gasteiger partial charge in [0.1, 0.15) is 5.76 Å². The van der Waals surface area contributed by atoms with Crippen molar-refractivity contribution in [2.45, 2.75) is 12.3 Å². The maximum atomic E-state index is 11.7. The standard InChI is InChI=1S/C16H14ClN3O3S/c17-13-6-2-1-5-12(13)16-19-14(20-23-16)9-24-10-15(21)18-8-11-4-3-7-22-11/h1-7H,8-10H2,(H,18,21). The molecule has 1 N–H and O–H groups in total. The van der Waals surface area contributed by atoms with Gasteiger partial charge in [-0.15, -0.1) is 11.8 Å². The van der Waals surface area contributed by atoms with E-state index >= 15 is 0 Å². The van der Waals surface area contributed by atoms with Gasteiger partial charge in [0.2, 0.25) is 5.91 Å². The number of aromatic nitrogens is 2. The lowest BCUT2D eigenvalue weighted by atomic mass is 10.2. The van der Waals surface area contributed by atoms with Crippen molar-refractivity contribution in [2.24, 2.45) is 0 Å². The first-order chi connectivity index (χ1) is 11.7. The molecule has 0 aliphatic carbocycles. The molecule has 1 amide bonds. The van der Waals surface area contributed by atoms with Gasteiger partial charge in [0.15, 0.2) is 5.82 Å². The Morgan fingerprint density at radius 2 is 2.12 bits per heavy atom. The number of carbonyl (C=O) groups excluding carboxylic acids is 1. The number of furan rings is 1. The lowest BCUT2D eigenvalue weighted by Crippen LogP contribution is -2.24. The maximum absolute atomic E-state index is 11.7. The fraction of sp³-hybridized carbons (Fsp3) is 0.188. The Balaban J connectivity index is 1.46. The number of benzene rings is 1. The average Bonchev–Trinajstić information content (AvgIpc) is 3.25. The van der Waals surface area contributed by atoms with Crippen molar-refractivity contribution < 1.29 is 13.7 Å². The smallest absolute Gasteiger partial charge is 0.259 e. The number of nitrogens with one attached hydrogen (secondary N) is 1. The highest BCUT2D eigenvalue weighted by Gasteiger charge is 2.12. The summed E-state index contributed by atoms with van der Waals surface area (Å²) in [5.41, 5.74) is 0.694. The zero-order valence-corrected chi connectivity index (χ0v) is 14.1. The number of amides is 1. The van der Waals surface area contributed by atoms with E-state index in [0.29, 0.717) is 40.4 Å². The van der Waals surface area contributed by atoms with E-state index in [2.05, 4.69) is 15.5 Å². The number of rotatable bonds is 7. The van der Waals surface area contributed by atoms with Crippen molar-refractivity contribution in [3.8, 4) is 11.5 Å². The van der Waals surface area contributed by atoms with Crippen LogP contribution in [0.4, 0.5) is 0 Å². The minimum atomic E-state index is -0.0776. The first-order valence-electron chi connectivity index (χ1n) is 7.16. The summed E-state index contributed by atoms with van der Waals surface area (Å²) in [5.74, 6) is 2.31. The third kappa shape index (κ3) is 4.39. The van der Waals surface area contributed by atoms with E-state index in [1.165, 1.54) is 11.8 Å². The molecule has 1 aromatic carbocycles. The third-order valence-corrected chi connectivity index (χ3v) is 4.33. The number of carbonyl (C=O) groups is 1. The molecule has 8 heteroatoms. The Bertz CT molecular complexity index is 805. The molecule has 0 fully saturated rings. The molecule has 0 aliphatic rings. The summed E-state index contributed by atoms with van der Waals surface area (Å²) in [7, 11) is 0. The van der Waals surface area contributed by atoms with Crippen LogP contribution in [0.3, 0.4) is 0 Å². The molecule has 0 radical (unpaired) electrons. The van der Waals surface area contributed by atoms with Gasteiger partial charge in [0.25, 0.3) is 5.89 Å². The van der Waals surface area contributed by atoms with Gasteiger partial charge in [-0.3, -0.25) is 4.79 Å². The molecule has 0 aliphatic heterocycles. The van der Waals surface area contributed by atoms with Gasteiger partial charge in [-0.1, -0.05) is 28.9 Å². The predicted octanol–water partition coefficient (Wildman–Crippen LogP) is 3.53. The molecule has 0 saturated carbocycles. The van der Waals surface area contributed by atoms with Gasteiger partial charge >= 0.3 is 0 Å². The topological polar surface area (TPSA) is 81.2 Å². The molecule has 3 aromatic rings. The molecule has 0 spiro atoms. The van der Waals surface area contributed by atoms with E-state index in [-0.39, 0.29) is 5.91 Å². The van der Waals surface area contributed by atoms with Crippen molar-refractivity contribution >= 4 is 29.3 Å². The summed E-state index contributed by atoms with van der Waals surface area (Å²) in [6.07, 6.45) is 1.57. The minimum absolute atomic E-state index is 0.0776. The van der Waals surface area contributed by atoms with Gasteiger partial charge < -0.3 is 14.3 Å². The molecular weight excluding hydrogens is 350 g/mol. The van der Waals surface area contributed by atoms with E-state index in [1.54, 1.807) is 18.4 Å². The highest BCUT2D eigenvalue weighted by atomic mass is 35.5. The van der Waals surface area contributed by atoms with Crippen molar-refractivity contribution in [2.75, 3.05) is 5.75 Å². The largest absolute Gasteiger partial charge is 0.467 e. The van der Waals surface area contributed by atoms with E-state index in [1.807, 2.05) is 24.3 Å². The molecule has 0 unspecified atom stereocenters. The van der Waals surface area contributed by atoms with Gasteiger partial charge in [-0.25, -0.2) is 0 Å². The fourth-order valence-corrected chi connectivity index (χ4v) is 2.85. The van der Waals surface area contributed by atoms with Gasteiger partial charge in [-0.05, 0) is 24.3 Å². The van der Waals surface area contributed by atoms with Crippen LogP contribution in [0, 0.1) is 0 Å². The van der Waals surface area contributed by atoms with Crippen LogP contribution >= 0.6 is 23.4 Å². The van der Waals surface area contributed by atoms with E-state index < -0.39 is 0 Å². The van der Waals surface area contributed by atoms with Gasteiger partial charge in [0, 0.05) is 0 Å². The SMILES string of the molecule is O=C(CSCc1noc(-c2ccccc2Cl)n1)NCc1ccco1. The summed E-state index contributed by atoms with van der Waals surface area (Å²) in [6.45, 7) is 0.380. The fourth-order valence-electron chi connectivity index (χ4n) is 1.94. The van der Waals surface area contributed by atoms with Crippen LogP contribution in [0.2, 0.25) is 5.02 Å². The van der Waals surface area contributed by atoms with E-state index in [4.69, 9.17) is 20.5 Å². The Hall–Kier alpha value is -2.25. The first-order valence-corrected chi connectivity index (χ1v) is 8.70. The molecule has 0 saturated heterocycles. The molecule has 2 aromatic heterocycles. The lowest BCUT2D eigenvalue weighted by Gasteiger charge is -2.01. The van der Waals surface area contributed by atoms with Crippen molar-refractivity contribution in [1.82, 2.24) is 15.5 Å². The summed E-state index contributed by atoms with van der Waals surface area (Å²) in [6, 6.07) is 10.9. The van der Waals surface area contributed by atoms with Gasteiger partial charge in [0.05, 0.1) is 34.9 Å². The van der Waals surface area contributed by atoms with Crippen LogP contribution in [0.15, 0.2) is 51.6 Å². The van der Waals surface area contributed by atoms with Crippen molar-refractivity contribution in [1.29, 1.82) is 0 Å². The Morgan fingerprint density at radius 1 is 1.25 bits per heavy atom. The highest BCUT2D eigenvalue weighted by molar-refractivity contribution is 7.99. The molecule has 3 rings (SSSR count). The molecule has 6 nitrogen and oxygen atoms in total. The van der Waals surface area contributed by atoms with Crippen LogP contribution in [0.5, 0.6) is 0 Å². The molecule has 0 atom stereocenters. The summed E-state index contributed by atoms with van der Waals surface area (Å²) >= 11 is 7.50. The Kier molecular flexibility index (Phi) is 5.55. The highest BCUT2D eigenvalue weighted by Crippen LogP contribution is 2.26. The molecule has 124 valence electrons. The van der Waals surface area contributed by atoms with Crippen LogP contribution in [-0.2, 0) is 17.1 Å². The second-order valence-corrected chi connectivity index (χ2v) is 6.24.